The van der Waals surface area contributed by atoms with E-state index in [9.17, 15) is 9.59 Å². The number of fused-ring (bicyclic) bond motifs is 1. The second-order valence-electron chi connectivity index (χ2n) is 7.19. The summed E-state index contributed by atoms with van der Waals surface area (Å²) >= 11 is 1.26. The van der Waals surface area contributed by atoms with Gasteiger partial charge in [0.15, 0.2) is 17.3 Å². The summed E-state index contributed by atoms with van der Waals surface area (Å²) in [6.45, 7) is 5.09. The Morgan fingerprint density at radius 2 is 1.75 bits per heavy atom. The van der Waals surface area contributed by atoms with Gasteiger partial charge in [-0.3, -0.25) is 9.59 Å². The molecule has 8 nitrogen and oxygen atoms in total. The predicted molar refractivity (Wildman–Crippen MR) is 122 cm³/mol. The monoisotopic (exact) mass is 451 g/mol. The van der Waals surface area contributed by atoms with E-state index in [4.69, 9.17) is 14.2 Å². The number of benzene rings is 2. The molecule has 0 aliphatic rings. The molecule has 0 atom stereocenters. The third-order valence-corrected chi connectivity index (χ3v) is 5.81. The molecule has 0 unspecified atom stereocenters. The maximum absolute atomic E-state index is 12.9. The Morgan fingerprint density at radius 1 is 1.06 bits per heavy atom. The van der Waals surface area contributed by atoms with Crippen molar-refractivity contribution >= 4 is 28.3 Å². The number of thiazole rings is 1. The van der Waals surface area contributed by atoms with E-state index in [0.29, 0.717) is 32.6 Å². The number of aryl methyl sites for hydroxylation is 2. The molecular formula is C23H21N3O5S. The lowest BCUT2D eigenvalue weighted by molar-refractivity contribution is -0.131. The fourth-order valence-corrected chi connectivity index (χ4v) is 4.36. The molecule has 2 aromatic heterocycles. The molecule has 0 spiro atoms. The number of aromatic nitrogens is 3. The summed E-state index contributed by atoms with van der Waals surface area (Å²) in [6.07, 6.45) is 1.79. The molecule has 2 heterocycles. The van der Waals surface area contributed by atoms with E-state index in [1.165, 1.54) is 22.8 Å². The fraction of sp³-hybridized carbons (Fsp3) is 0.217. The number of nitrogens with zero attached hydrogens (tertiary/aromatic N) is 3. The molecule has 32 heavy (non-hydrogen) atoms. The second kappa shape index (κ2) is 8.43. The lowest BCUT2D eigenvalue weighted by Crippen LogP contribution is -2.23. The van der Waals surface area contributed by atoms with Crippen LogP contribution >= 0.6 is 11.3 Å². The van der Waals surface area contributed by atoms with Crippen LogP contribution in [0, 0.1) is 13.8 Å². The zero-order chi connectivity index (χ0) is 23.0. The van der Waals surface area contributed by atoms with E-state index in [-0.39, 0.29) is 11.5 Å². The Balaban J connectivity index is 1.73. The summed E-state index contributed by atoms with van der Waals surface area (Å²) in [4.78, 5) is 29.2. The average Bonchev–Trinajstić information content (AvgIpc) is 3.29. The van der Waals surface area contributed by atoms with Crippen LogP contribution in [0.15, 0.2) is 35.1 Å². The number of carbonyl (C=O) groups is 1. The lowest BCUT2D eigenvalue weighted by Gasteiger charge is -2.10. The maximum atomic E-state index is 12.9. The summed E-state index contributed by atoms with van der Waals surface area (Å²) in [6, 6.07) is 9.09. The van der Waals surface area contributed by atoms with Crippen molar-refractivity contribution in [1.29, 1.82) is 0 Å². The first-order valence-corrected chi connectivity index (χ1v) is 10.6. The standard InChI is InChI=1S/C23H21N3O5S/c1-12-8-15(9-13(2)20(12)31-14(3)27)10-19-22(28)26-23(32-19)24-21(25-26)16-6-7-17(29-4)18(11-16)30-5/h6-11H,1-5H3/b19-10-. The quantitative estimate of drug-likeness (QED) is 0.340. The smallest absolute Gasteiger partial charge is 0.308 e. The first kappa shape index (κ1) is 21.5. The zero-order valence-corrected chi connectivity index (χ0v) is 19.1. The summed E-state index contributed by atoms with van der Waals surface area (Å²) in [5.74, 6) is 1.76. The summed E-state index contributed by atoms with van der Waals surface area (Å²) in [5.41, 5.74) is 2.93. The van der Waals surface area contributed by atoms with Crippen LogP contribution in [0.4, 0.5) is 0 Å². The lowest BCUT2D eigenvalue weighted by atomic mass is 10.1. The summed E-state index contributed by atoms with van der Waals surface area (Å²) < 4.78 is 17.7. The Morgan fingerprint density at radius 3 is 2.34 bits per heavy atom. The predicted octanol–water partition coefficient (Wildman–Crippen LogP) is 2.93. The largest absolute Gasteiger partial charge is 0.493 e. The van der Waals surface area contributed by atoms with Crippen LogP contribution in [0.5, 0.6) is 17.2 Å². The molecule has 0 bridgehead atoms. The Hall–Kier alpha value is -3.72. The molecule has 4 aromatic rings. The van der Waals surface area contributed by atoms with Crippen molar-refractivity contribution in [2.45, 2.75) is 20.8 Å². The van der Waals surface area contributed by atoms with Gasteiger partial charge in [-0.15, -0.1) is 5.10 Å². The van der Waals surface area contributed by atoms with Crippen molar-refractivity contribution in [1.82, 2.24) is 14.6 Å². The van der Waals surface area contributed by atoms with Gasteiger partial charge in [0, 0.05) is 12.5 Å². The van der Waals surface area contributed by atoms with Crippen molar-refractivity contribution in [2.75, 3.05) is 14.2 Å². The minimum Gasteiger partial charge on any atom is -0.493 e. The van der Waals surface area contributed by atoms with Gasteiger partial charge in [0.2, 0.25) is 4.96 Å². The first-order chi connectivity index (χ1) is 15.3. The highest BCUT2D eigenvalue weighted by Crippen LogP contribution is 2.31. The molecule has 0 aliphatic carbocycles. The number of hydrogen-bond donors (Lipinski definition) is 0. The van der Waals surface area contributed by atoms with Crippen molar-refractivity contribution in [2.24, 2.45) is 0 Å². The summed E-state index contributed by atoms with van der Waals surface area (Å²) in [5, 5.41) is 4.39. The van der Waals surface area contributed by atoms with Gasteiger partial charge in [-0.2, -0.15) is 9.50 Å². The Labute approximate surface area is 187 Å². The van der Waals surface area contributed by atoms with Crippen molar-refractivity contribution < 1.29 is 19.0 Å². The first-order valence-electron chi connectivity index (χ1n) is 9.74. The van der Waals surface area contributed by atoms with E-state index < -0.39 is 0 Å². The van der Waals surface area contributed by atoms with Gasteiger partial charge >= 0.3 is 5.97 Å². The van der Waals surface area contributed by atoms with Crippen molar-refractivity contribution in [3.63, 3.8) is 0 Å². The number of ether oxygens (including phenoxy) is 3. The van der Waals surface area contributed by atoms with E-state index in [1.807, 2.05) is 32.0 Å². The SMILES string of the molecule is COc1ccc(-c2nc3s/c(=C\c4cc(C)c(OC(C)=O)c(C)c4)c(=O)n3n2)cc1OC. The van der Waals surface area contributed by atoms with Gasteiger partial charge < -0.3 is 14.2 Å². The van der Waals surface area contributed by atoms with Crippen LogP contribution in [-0.2, 0) is 4.79 Å². The molecule has 2 aromatic carbocycles. The van der Waals surface area contributed by atoms with Crippen molar-refractivity contribution in [3.8, 4) is 28.6 Å². The van der Waals surface area contributed by atoms with Gasteiger partial charge in [0.1, 0.15) is 5.75 Å². The van der Waals surface area contributed by atoms with E-state index >= 15 is 0 Å². The molecule has 164 valence electrons. The minimum atomic E-state index is -0.370. The number of hydrogen-bond acceptors (Lipinski definition) is 8. The van der Waals surface area contributed by atoms with Crippen LogP contribution in [0.25, 0.3) is 22.4 Å². The molecular weight excluding hydrogens is 430 g/mol. The molecule has 0 radical (unpaired) electrons. The van der Waals surface area contributed by atoms with Gasteiger partial charge in [0.05, 0.1) is 18.8 Å². The van der Waals surface area contributed by atoms with Gasteiger partial charge in [-0.1, -0.05) is 11.3 Å². The van der Waals surface area contributed by atoms with Crippen LogP contribution in [0.2, 0.25) is 0 Å². The highest BCUT2D eigenvalue weighted by atomic mass is 32.1. The number of methoxy groups -OCH3 is 2. The third kappa shape index (κ3) is 3.94. The van der Waals surface area contributed by atoms with E-state index in [1.54, 1.807) is 32.4 Å². The fourth-order valence-electron chi connectivity index (χ4n) is 3.45. The normalized spacial score (nSPS) is 11.7. The molecule has 0 saturated heterocycles. The Kier molecular flexibility index (Phi) is 5.67. The van der Waals surface area contributed by atoms with Crippen molar-refractivity contribution in [3.05, 3.63) is 61.9 Å². The third-order valence-electron chi connectivity index (χ3n) is 4.85. The molecule has 0 fully saturated rings. The molecule has 0 N–H and O–H groups in total. The zero-order valence-electron chi connectivity index (χ0n) is 18.3. The van der Waals surface area contributed by atoms with Gasteiger partial charge in [0.25, 0.3) is 5.56 Å². The molecule has 4 rings (SSSR count). The van der Waals surface area contributed by atoms with E-state index in [0.717, 1.165) is 22.3 Å². The maximum Gasteiger partial charge on any atom is 0.308 e. The topological polar surface area (TPSA) is 92.0 Å². The average molecular weight is 452 g/mol. The van der Waals surface area contributed by atoms with Crippen LogP contribution in [-0.4, -0.2) is 34.8 Å². The molecule has 0 aliphatic heterocycles. The Bertz CT molecular complexity index is 1430. The van der Waals surface area contributed by atoms with Crippen LogP contribution in [0.1, 0.15) is 23.6 Å². The number of rotatable bonds is 5. The highest BCUT2D eigenvalue weighted by molar-refractivity contribution is 7.15. The van der Waals surface area contributed by atoms with E-state index in [2.05, 4.69) is 10.1 Å². The molecule has 9 heteroatoms. The number of esters is 1. The van der Waals surface area contributed by atoms with Crippen LogP contribution < -0.4 is 24.3 Å². The minimum absolute atomic E-state index is 0.247. The summed E-state index contributed by atoms with van der Waals surface area (Å²) in [7, 11) is 3.12. The van der Waals surface area contributed by atoms with Crippen LogP contribution in [0.3, 0.4) is 0 Å². The highest BCUT2D eigenvalue weighted by Gasteiger charge is 2.15. The number of carbonyl (C=O) groups excluding carboxylic acids is 1. The second-order valence-corrected chi connectivity index (χ2v) is 8.20. The molecule has 0 amide bonds. The van der Waals surface area contributed by atoms with Gasteiger partial charge in [-0.25, -0.2) is 0 Å². The molecule has 0 saturated carbocycles. The van der Waals surface area contributed by atoms with Gasteiger partial charge in [-0.05, 0) is 66.9 Å².